The molecule has 0 amide bonds. The Morgan fingerprint density at radius 2 is 1.95 bits per heavy atom. The minimum Gasteiger partial charge on any atom is -0.312 e. The maximum Gasteiger partial charge on any atom is 0.252 e. The highest BCUT2D eigenvalue weighted by Gasteiger charge is 2.32. The molecule has 2 rings (SSSR count). The molecule has 0 aromatic carbocycles. The third kappa shape index (κ3) is 3.76. The molecule has 1 aliphatic rings. The first-order valence-corrected chi connectivity index (χ1v) is 10.1. The zero-order valence-electron chi connectivity index (χ0n) is 12.1. The maximum absolute atomic E-state index is 12.7. The summed E-state index contributed by atoms with van der Waals surface area (Å²) in [6.07, 6.45) is 0. The van der Waals surface area contributed by atoms with E-state index in [1.807, 2.05) is 24.8 Å². The minimum absolute atomic E-state index is 0.356. The van der Waals surface area contributed by atoms with Gasteiger partial charge in [0.05, 0.1) is 0 Å². The van der Waals surface area contributed by atoms with E-state index in [0.717, 1.165) is 18.0 Å². The molecule has 0 spiro atoms. The first kappa shape index (κ1) is 16.3. The van der Waals surface area contributed by atoms with Crippen molar-refractivity contribution in [2.24, 2.45) is 0 Å². The summed E-state index contributed by atoms with van der Waals surface area (Å²) in [5, 5.41) is 3.93. The van der Waals surface area contributed by atoms with Crippen LogP contribution in [0.3, 0.4) is 0 Å². The average molecular weight is 335 g/mol. The highest BCUT2D eigenvalue weighted by molar-refractivity contribution is 8.00. The Hall–Kier alpha value is -0.0800. The lowest BCUT2D eigenvalue weighted by Gasteiger charge is -2.33. The van der Waals surface area contributed by atoms with Crippen LogP contribution >= 0.6 is 23.1 Å². The van der Waals surface area contributed by atoms with Crippen LogP contribution in [0.4, 0.5) is 0 Å². The van der Waals surface area contributed by atoms with E-state index < -0.39 is 10.0 Å². The van der Waals surface area contributed by atoms with Crippen LogP contribution in [0.1, 0.15) is 25.6 Å². The zero-order valence-corrected chi connectivity index (χ0v) is 14.6. The Bertz CT molecular complexity index is 532. The molecule has 1 aromatic heterocycles. The number of sulfonamides is 1. The quantitative estimate of drug-likeness (QED) is 0.898. The van der Waals surface area contributed by atoms with Crippen LogP contribution in [0, 0.1) is 0 Å². The summed E-state index contributed by atoms with van der Waals surface area (Å²) >= 11 is 3.24. The van der Waals surface area contributed by atoms with Gasteiger partial charge in [0.1, 0.15) is 4.21 Å². The molecule has 4 nitrogen and oxygen atoms in total. The largest absolute Gasteiger partial charge is 0.312 e. The second kappa shape index (κ2) is 6.79. The Morgan fingerprint density at radius 1 is 1.30 bits per heavy atom. The summed E-state index contributed by atoms with van der Waals surface area (Å²) in [7, 11) is -3.32. The summed E-state index contributed by atoms with van der Waals surface area (Å²) in [4.78, 5) is 1.07. The van der Waals surface area contributed by atoms with Gasteiger partial charge in [0.25, 0.3) is 10.0 Å². The highest BCUT2D eigenvalue weighted by atomic mass is 32.2. The second-order valence-corrected chi connectivity index (χ2v) is 10.3. The fourth-order valence-corrected chi connectivity index (χ4v) is 6.91. The average Bonchev–Trinajstić information content (AvgIpc) is 2.84. The van der Waals surface area contributed by atoms with Crippen LogP contribution in [0.15, 0.2) is 16.3 Å². The van der Waals surface area contributed by atoms with Crippen molar-refractivity contribution < 1.29 is 8.42 Å². The van der Waals surface area contributed by atoms with Gasteiger partial charge in [-0.15, -0.1) is 11.3 Å². The van der Waals surface area contributed by atoms with E-state index in [1.54, 1.807) is 10.4 Å². The van der Waals surface area contributed by atoms with E-state index in [4.69, 9.17) is 0 Å². The molecular weight excluding hydrogens is 312 g/mol. The van der Waals surface area contributed by atoms with Gasteiger partial charge in [-0.05, 0) is 18.7 Å². The molecule has 7 heteroatoms. The minimum atomic E-state index is -3.32. The summed E-state index contributed by atoms with van der Waals surface area (Å²) in [6.45, 7) is 9.06. The molecule has 1 aliphatic heterocycles. The van der Waals surface area contributed by atoms with Gasteiger partial charge < -0.3 is 5.32 Å². The molecular formula is C13H22N2O2S3. The van der Waals surface area contributed by atoms with Gasteiger partial charge in [-0.3, -0.25) is 0 Å². The molecule has 1 N–H and O–H groups in total. The van der Waals surface area contributed by atoms with Gasteiger partial charge in [-0.25, -0.2) is 8.42 Å². The molecule has 0 saturated carbocycles. The molecule has 1 saturated heterocycles. The first-order chi connectivity index (χ1) is 9.43. The van der Waals surface area contributed by atoms with Crippen molar-refractivity contribution in [3.8, 4) is 0 Å². The molecule has 0 aliphatic carbocycles. The fraction of sp³-hybridized carbons (Fsp3) is 0.692. The highest BCUT2D eigenvalue weighted by Crippen LogP contribution is 2.31. The second-order valence-electron chi connectivity index (χ2n) is 5.08. The maximum atomic E-state index is 12.7. The molecule has 114 valence electrons. The van der Waals surface area contributed by atoms with Crippen molar-refractivity contribution in [3.05, 3.63) is 17.0 Å². The molecule has 20 heavy (non-hydrogen) atoms. The number of thioether (sulfide) groups is 1. The van der Waals surface area contributed by atoms with Crippen molar-refractivity contribution in [2.45, 2.75) is 42.0 Å². The Balaban J connectivity index is 2.15. The van der Waals surface area contributed by atoms with E-state index in [9.17, 15) is 8.42 Å². The SMILES string of the molecule is CCNCc1ccc(S(=O)(=O)N2CC(C)SC(C)C2)s1. The summed E-state index contributed by atoms with van der Waals surface area (Å²) in [6, 6.07) is 3.65. The lowest BCUT2D eigenvalue weighted by molar-refractivity contribution is 0.406. The molecule has 0 bridgehead atoms. The Labute approximate surface area is 130 Å². The van der Waals surface area contributed by atoms with Crippen LogP contribution in [-0.4, -0.2) is 42.9 Å². The van der Waals surface area contributed by atoms with Crippen LogP contribution < -0.4 is 5.32 Å². The van der Waals surface area contributed by atoms with Crippen molar-refractivity contribution in [3.63, 3.8) is 0 Å². The predicted molar refractivity (Wildman–Crippen MR) is 87.0 cm³/mol. The lowest BCUT2D eigenvalue weighted by atomic mass is 10.4. The summed E-state index contributed by atoms with van der Waals surface area (Å²) in [5.41, 5.74) is 0. The van der Waals surface area contributed by atoms with Gasteiger partial charge in [0.15, 0.2) is 0 Å². The van der Waals surface area contributed by atoms with Gasteiger partial charge in [-0.2, -0.15) is 16.1 Å². The van der Waals surface area contributed by atoms with Gasteiger partial charge >= 0.3 is 0 Å². The lowest BCUT2D eigenvalue weighted by Crippen LogP contribution is -2.43. The molecule has 0 radical (unpaired) electrons. The van der Waals surface area contributed by atoms with Gasteiger partial charge in [0, 0.05) is 35.0 Å². The van der Waals surface area contributed by atoms with Crippen LogP contribution in [0.25, 0.3) is 0 Å². The van der Waals surface area contributed by atoms with E-state index in [1.165, 1.54) is 11.3 Å². The summed E-state index contributed by atoms with van der Waals surface area (Å²) in [5.74, 6) is 0. The Morgan fingerprint density at radius 3 is 2.55 bits per heavy atom. The Kier molecular flexibility index (Phi) is 5.53. The van der Waals surface area contributed by atoms with E-state index in [0.29, 0.717) is 27.8 Å². The van der Waals surface area contributed by atoms with Gasteiger partial charge in [-0.1, -0.05) is 20.8 Å². The number of nitrogens with one attached hydrogen (secondary N) is 1. The van der Waals surface area contributed by atoms with Gasteiger partial charge in [0.2, 0.25) is 0 Å². The third-order valence-electron chi connectivity index (χ3n) is 3.17. The van der Waals surface area contributed by atoms with Crippen molar-refractivity contribution in [1.82, 2.24) is 9.62 Å². The topological polar surface area (TPSA) is 49.4 Å². The number of rotatable bonds is 5. The zero-order chi connectivity index (χ0) is 14.8. The van der Waals surface area contributed by atoms with E-state index in [2.05, 4.69) is 19.2 Å². The van der Waals surface area contributed by atoms with Crippen LogP contribution in [0.5, 0.6) is 0 Å². The number of hydrogen-bond acceptors (Lipinski definition) is 5. The molecule has 2 heterocycles. The predicted octanol–water partition coefficient (Wildman–Crippen LogP) is 2.37. The summed E-state index contributed by atoms with van der Waals surface area (Å²) < 4.78 is 27.5. The third-order valence-corrected chi connectivity index (χ3v) is 7.78. The van der Waals surface area contributed by atoms with E-state index >= 15 is 0 Å². The standard InChI is InChI=1S/C13H22N2O2S3/c1-4-14-7-12-5-6-13(19-12)20(16,17)15-8-10(2)18-11(3)9-15/h5-6,10-11,14H,4,7-9H2,1-3H3. The number of thiophene rings is 1. The molecule has 1 aromatic rings. The fourth-order valence-electron chi connectivity index (χ4n) is 2.29. The van der Waals surface area contributed by atoms with Crippen molar-refractivity contribution in [1.29, 1.82) is 0 Å². The van der Waals surface area contributed by atoms with Crippen molar-refractivity contribution in [2.75, 3.05) is 19.6 Å². The van der Waals surface area contributed by atoms with E-state index in [-0.39, 0.29) is 0 Å². The molecule has 2 atom stereocenters. The van der Waals surface area contributed by atoms with Crippen LogP contribution in [0.2, 0.25) is 0 Å². The van der Waals surface area contributed by atoms with Crippen LogP contribution in [-0.2, 0) is 16.6 Å². The number of hydrogen-bond donors (Lipinski definition) is 1. The molecule has 1 fully saturated rings. The monoisotopic (exact) mass is 334 g/mol. The number of nitrogens with zero attached hydrogens (tertiary/aromatic N) is 1. The molecule has 2 unspecified atom stereocenters. The van der Waals surface area contributed by atoms with Crippen molar-refractivity contribution >= 4 is 33.1 Å². The smallest absolute Gasteiger partial charge is 0.252 e. The normalized spacial score (nSPS) is 24.9. The first-order valence-electron chi connectivity index (χ1n) is 6.88.